The minimum Gasteiger partial charge on any atom is -0.484 e. The van der Waals surface area contributed by atoms with Crippen molar-refractivity contribution in [2.45, 2.75) is 31.9 Å². The Bertz CT molecular complexity index is 1010. The van der Waals surface area contributed by atoms with Gasteiger partial charge in [0.1, 0.15) is 17.7 Å². The summed E-state index contributed by atoms with van der Waals surface area (Å²) in [5.74, 6) is -0.000805. The number of hydrogen-bond donors (Lipinski definition) is 0. The summed E-state index contributed by atoms with van der Waals surface area (Å²) in [6.07, 6.45) is 8.55. The number of pyridine rings is 1. The predicted octanol–water partition coefficient (Wildman–Crippen LogP) is 5.88. The highest BCUT2D eigenvalue weighted by Crippen LogP contribution is 2.35. The van der Waals surface area contributed by atoms with Crippen LogP contribution in [0.3, 0.4) is 0 Å². The molecule has 4 rings (SSSR count). The van der Waals surface area contributed by atoms with Crippen LogP contribution in [-0.4, -0.2) is 28.0 Å². The Hall–Kier alpha value is -2.15. The number of ether oxygens (including phenoxy) is 2. The Morgan fingerprint density at radius 1 is 1.17 bits per heavy atom. The van der Waals surface area contributed by atoms with Crippen molar-refractivity contribution < 1.29 is 13.9 Å². The normalized spacial score (nSPS) is 16.0. The number of halogens is 3. The van der Waals surface area contributed by atoms with Crippen LogP contribution in [0, 0.1) is 5.82 Å². The standard InChI is InChI=1S/C21H20Cl2FN3O2/c1-13(20-18(22)2-3-19(24)21(20)23)29-17-8-14(9-25-11-17)15-10-26-27(12-15)16-4-6-28-7-5-16/h2-3,8-13,16H,4-7H2,1H3/t13-/m1/s1. The number of benzene rings is 1. The van der Waals surface area contributed by atoms with Crippen LogP contribution in [0.2, 0.25) is 10.0 Å². The average molecular weight is 436 g/mol. The summed E-state index contributed by atoms with van der Waals surface area (Å²) < 4.78 is 27.2. The first-order valence-electron chi connectivity index (χ1n) is 9.40. The van der Waals surface area contributed by atoms with Crippen LogP contribution < -0.4 is 4.74 Å². The van der Waals surface area contributed by atoms with Gasteiger partial charge in [0.25, 0.3) is 0 Å². The summed E-state index contributed by atoms with van der Waals surface area (Å²) in [6.45, 7) is 3.28. The Morgan fingerprint density at radius 2 is 1.97 bits per heavy atom. The first kappa shape index (κ1) is 20.1. The van der Waals surface area contributed by atoms with E-state index in [-0.39, 0.29) is 5.02 Å². The van der Waals surface area contributed by atoms with Crippen LogP contribution in [0.15, 0.2) is 43.0 Å². The second kappa shape index (κ2) is 8.69. The van der Waals surface area contributed by atoms with E-state index in [9.17, 15) is 4.39 Å². The molecule has 152 valence electrons. The van der Waals surface area contributed by atoms with E-state index < -0.39 is 11.9 Å². The number of aromatic nitrogens is 3. The van der Waals surface area contributed by atoms with E-state index in [1.54, 1.807) is 19.3 Å². The van der Waals surface area contributed by atoms with Crippen molar-refractivity contribution in [2.24, 2.45) is 0 Å². The first-order chi connectivity index (χ1) is 14.0. The summed E-state index contributed by atoms with van der Waals surface area (Å²) in [4.78, 5) is 4.27. The molecule has 1 aliphatic rings. The highest BCUT2D eigenvalue weighted by molar-refractivity contribution is 6.36. The van der Waals surface area contributed by atoms with Crippen molar-refractivity contribution in [3.05, 3.63) is 64.4 Å². The van der Waals surface area contributed by atoms with Crippen molar-refractivity contribution in [1.29, 1.82) is 0 Å². The number of nitrogens with zero attached hydrogens (tertiary/aromatic N) is 3. The minimum atomic E-state index is -0.548. The SMILES string of the molecule is C[C@@H](Oc1cncc(-c2cnn(C3CCOCC3)c2)c1)c1c(Cl)ccc(F)c1Cl. The van der Waals surface area contributed by atoms with Crippen LogP contribution >= 0.6 is 23.2 Å². The lowest BCUT2D eigenvalue weighted by molar-refractivity contribution is 0.0662. The third-order valence-corrected chi connectivity index (χ3v) is 5.73. The second-order valence-corrected chi connectivity index (χ2v) is 7.76. The molecule has 0 aliphatic carbocycles. The van der Waals surface area contributed by atoms with E-state index in [0.717, 1.165) is 37.2 Å². The van der Waals surface area contributed by atoms with E-state index in [0.29, 0.717) is 22.4 Å². The lowest BCUT2D eigenvalue weighted by atomic mass is 10.1. The highest BCUT2D eigenvalue weighted by atomic mass is 35.5. The van der Waals surface area contributed by atoms with Crippen molar-refractivity contribution in [2.75, 3.05) is 13.2 Å². The van der Waals surface area contributed by atoms with Gasteiger partial charge in [0.2, 0.25) is 0 Å². The van der Waals surface area contributed by atoms with E-state index in [1.807, 2.05) is 23.1 Å². The van der Waals surface area contributed by atoms with Gasteiger partial charge in [-0.15, -0.1) is 0 Å². The molecule has 5 nitrogen and oxygen atoms in total. The van der Waals surface area contributed by atoms with Gasteiger partial charge in [0.05, 0.1) is 23.5 Å². The van der Waals surface area contributed by atoms with Gasteiger partial charge in [0, 0.05) is 47.3 Å². The Labute approximate surface area is 178 Å². The van der Waals surface area contributed by atoms with E-state index >= 15 is 0 Å². The van der Waals surface area contributed by atoms with Crippen LogP contribution in [-0.2, 0) is 4.74 Å². The molecule has 3 heterocycles. The predicted molar refractivity (Wildman–Crippen MR) is 110 cm³/mol. The van der Waals surface area contributed by atoms with Crippen molar-refractivity contribution >= 4 is 23.2 Å². The topological polar surface area (TPSA) is 49.2 Å². The molecule has 8 heteroatoms. The summed E-state index contributed by atoms with van der Waals surface area (Å²) in [5.41, 5.74) is 2.24. The molecule has 0 radical (unpaired) electrons. The first-order valence-corrected chi connectivity index (χ1v) is 10.2. The van der Waals surface area contributed by atoms with E-state index in [4.69, 9.17) is 32.7 Å². The van der Waals surface area contributed by atoms with Crippen molar-refractivity contribution in [3.63, 3.8) is 0 Å². The molecule has 1 aromatic carbocycles. The maximum atomic E-state index is 13.8. The Balaban J connectivity index is 1.54. The average Bonchev–Trinajstić information content (AvgIpc) is 3.22. The maximum Gasteiger partial charge on any atom is 0.142 e. The largest absolute Gasteiger partial charge is 0.484 e. The second-order valence-electron chi connectivity index (χ2n) is 6.98. The molecule has 2 aromatic heterocycles. The zero-order chi connectivity index (χ0) is 20.4. The summed E-state index contributed by atoms with van der Waals surface area (Å²) in [5, 5.41) is 4.82. The highest BCUT2D eigenvalue weighted by Gasteiger charge is 2.20. The van der Waals surface area contributed by atoms with Gasteiger partial charge in [-0.1, -0.05) is 23.2 Å². The molecule has 1 aliphatic heterocycles. The fraction of sp³-hybridized carbons (Fsp3) is 0.333. The van der Waals surface area contributed by atoms with Gasteiger partial charge < -0.3 is 9.47 Å². The molecule has 0 N–H and O–H groups in total. The molecule has 0 saturated carbocycles. The Kier molecular flexibility index (Phi) is 6.04. The molecule has 0 spiro atoms. The molecule has 29 heavy (non-hydrogen) atoms. The summed E-state index contributed by atoms with van der Waals surface area (Å²) >= 11 is 12.3. The summed E-state index contributed by atoms with van der Waals surface area (Å²) in [6, 6.07) is 4.93. The van der Waals surface area contributed by atoms with Gasteiger partial charge in [-0.25, -0.2) is 4.39 Å². The molecule has 0 bridgehead atoms. The maximum absolute atomic E-state index is 13.8. The minimum absolute atomic E-state index is 0.0353. The summed E-state index contributed by atoms with van der Waals surface area (Å²) in [7, 11) is 0. The van der Waals surface area contributed by atoms with E-state index in [2.05, 4.69) is 10.1 Å². The van der Waals surface area contributed by atoms with Crippen molar-refractivity contribution in [1.82, 2.24) is 14.8 Å². The molecule has 0 amide bonds. The zero-order valence-corrected chi connectivity index (χ0v) is 17.3. The van der Waals surface area contributed by atoms with Crippen LogP contribution in [0.1, 0.15) is 37.5 Å². The lowest BCUT2D eigenvalue weighted by Gasteiger charge is -2.22. The monoisotopic (exact) mass is 435 g/mol. The smallest absolute Gasteiger partial charge is 0.142 e. The van der Waals surface area contributed by atoms with Gasteiger partial charge in [-0.3, -0.25) is 9.67 Å². The third-order valence-electron chi connectivity index (χ3n) is 5.01. The fourth-order valence-corrected chi connectivity index (χ4v) is 4.13. The molecule has 1 saturated heterocycles. The zero-order valence-electron chi connectivity index (χ0n) is 15.8. The lowest BCUT2D eigenvalue weighted by Crippen LogP contribution is -2.19. The third kappa shape index (κ3) is 4.39. The van der Waals surface area contributed by atoms with Crippen molar-refractivity contribution in [3.8, 4) is 16.9 Å². The molecule has 3 aromatic rings. The number of hydrogen-bond acceptors (Lipinski definition) is 4. The molecule has 1 fully saturated rings. The molecular formula is C21H20Cl2FN3O2. The molecule has 1 atom stereocenters. The van der Waals surface area contributed by atoms with Crippen LogP contribution in [0.4, 0.5) is 4.39 Å². The quantitative estimate of drug-likeness (QED) is 0.469. The van der Waals surface area contributed by atoms with E-state index in [1.165, 1.54) is 12.1 Å². The molecular weight excluding hydrogens is 416 g/mol. The Morgan fingerprint density at radius 3 is 2.76 bits per heavy atom. The van der Waals surface area contributed by atoms with Gasteiger partial charge in [-0.05, 0) is 38.0 Å². The van der Waals surface area contributed by atoms with Gasteiger partial charge in [-0.2, -0.15) is 5.10 Å². The number of rotatable bonds is 5. The fourth-order valence-electron chi connectivity index (χ4n) is 3.46. The van der Waals surface area contributed by atoms with Gasteiger partial charge in [0.15, 0.2) is 0 Å². The van der Waals surface area contributed by atoms with Crippen LogP contribution in [0.25, 0.3) is 11.1 Å². The molecule has 0 unspecified atom stereocenters. The van der Waals surface area contributed by atoms with Gasteiger partial charge >= 0.3 is 0 Å². The van der Waals surface area contributed by atoms with Crippen LogP contribution in [0.5, 0.6) is 5.75 Å².